The van der Waals surface area contributed by atoms with Gasteiger partial charge in [-0.15, -0.1) is 0 Å². The van der Waals surface area contributed by atoms with Crippen molar-refractivity contribution in [1.82, 2.24) is 0 Å². The molecule has 0 aliphatic rings. The zero-order chi connectivity index (χ0) is 12.7. The van der Waals surface area contributed by atoms with E-state index in [2.05, 4.69) is 60.4 Å². The highest BCUT2D eigenvalue weighted by Crippen LogP contribution is 2.61. The van der Waals surface area contributed by atoms with Gasteiger partial charge in [-0.05, 0) is 23.2 Å². The Labute approximate surface area is 98.8 Å². The average Bonchev–Trinajstić information content (AvgIpc) is 2.01. The molecule has 92 valence electrons. The van der Waals surface area contributed by atoms with E-state index < -0.39 is 16.4 Å². The molecule has 0 aromatic rings. The van der Waals surface area contributed by atoms with Crippen molar-refractivity contribution in [3.05, 3.63) is 0 Å². The molecule has 0 saturated heterocycles. The molecule has 0 heterocycles. The van der Waals surface area contributed by atoms with Gasteiger partial charge >= 0.3 is 0 Å². The van der Waals surface area contributed by atoms with Gasteiger partial charge in [0.15, 0.2) is 8.32 Å². The van der Waals surface area contributed by atoms with Crippen molar-refractivity contribution >= 4 is 16.4 Å². The minimum absolute atomic E-state index is 0.305. The molecule has 0 unspecified atom stereocenters. The first-order valence-corrected chi connectivity index (χ1v) is 12.3. The fourth-order valence-corrected chi connectivity index (χ4v) is 7.86. The zero-order valence-electron chi connectivity index (χ0n) is 12.4. The fourth-order valence-electron chi connectivity index (χ4n) is 1.95. The zero-order valence-corrected chi connectivity index (χ0v) is 14.4. The highest BCUT2D eigenvalue weighted by atomic mass is 28.4. The molecular formula is C12H30OSi2. The van der Waals surface area contributed by atoms with E-state index in [0.29, 0.717) is 10.1 Å². The summed E-state index contributed by atoms with van der Waals surface area (Å²) in [5.74, 6) is 0. The highest BCUT2D eigenvalue weighted by Gasteiger charge is 2.55. The summed E-state index contributed by atoms with van der Waals surface area (Å²) in [7, 11) is -0.924. The Morgan fingerprint density at radius 1 is 0.733 bits per heavy atom. The molecule has 0 bridgehead atoms. The normalized spacial score (nSPS) is 15.6. The summed E-state index contributed by atoms with van der Waals surface area (Å²) in [6.45, 7) is 21.8. The Morgan fingerprint density at radius 2 is 1.07 bits per heavy atom. The van der Waals surface area contributed by atoms with Gasteiger partial charge in [0.25, 0.3) is 0 Å². The van der Waals surface area contributed by atoms with Gasteiger partial charge in [-0.25, -0.2) is 0 Å². The lowest BCUT2D eigenvalue weighted by molar-refractivity contribution is 0.332. The van der Waals surface area contributed by atoms with Crippen molar-refractivity contribution in [2.45, 2.75) is 70.5 Å². The third-order valence-corrected chi connectivity index (χ3v) is 14.7. The van der Waals surface area contributed by atoms with Crippen LogP contribution in [-0.4, -0.2) is 23.5 Å². The van der Waals surface area contributed by atoms with E-state index in [0.717, 1.165) is 0 Å². The maximum Gasteiger partial charge on any atom is 0.191 e. The third kappa shape index (κ3) is 2.39. The molecule has 0 fully saturated rings. The molecule has 0 aromatic carbocycles. The molecule has 1 nitrogen and oxygen atoms in total. The molecular weight excluding hydrogens is 216 g/mol. The quantitative estimate of drug-likeness (QED) is 0.651. The lowest BCUT2D eigenvalue weighted by atomic mass is 9.97. The fraction of sp³-hybridized carbons (Fsp3) is 1.00. The second-order valence-corrected chi connectivity index (χ2v) is 17.6. The van der Waals surface area contributed by atoms with Crippen molar-refractivity contribution in [2.24, 2.45) is 0 Å². The second kappa shape index (κ2) is 4.00. The average molecular weight is 247 g/mol. The standard InChI is InChI=1S/C12H30OSi2/c1-11(2,14(6,7)8)12(3,4)15(9,10)13-5/h1-10H3. The molecule has 0 aromatic heterocycles. The van der Waals surface area contributed by atoms with Crippen LogP contribution in [0.3, 0.4) is 0 Å². The Kier molecular flexibility index (Phi) is 4.11. The van der Waals surface area contributed by atoms with E-state index in [-0.39, 0.29) is 0 Å². The van der Waals surface area contributed by atoms with Crippen molar-refractivity contribution in [3.8, 4) is 0 Å². The lowest BCUT2D eigenvalue weighted by Crippen LogP contribution is -2.53. The minimum Gasteiger partial charge on any atom is -0.420 e. The first-order chi connectivity index (χ1) is 6.31. The Bertz CT molecular complexity index is 224. The molecule has 0 rings (SSSR count). The van der Waals surface area contributed by atoms with E-state index >= 15 is 0 Å². The van der Waals surface area contributed by atoms with Crippen LogP contribution >= 0.6 is 0 Å². The van der Waals surface area contributed by atoms with Gasteiger partial charge in [-0.2, -0.15) is 0 Å². The van der Waals surface area contributed by atoms with Crippen LogP contribution in [0, 0.1) is 0 Å². The van der Waals surface area contributed by atoms with Crippen LogP contribution in [0.1, 0.15) is 27.7 Å². The van der Waals surface area contributed by atoms with Gasteiger partial charge in [0.1, 0.15) is 0 Å². The van der Waals surface area contributed by atoms with Crippen LogP contribution < -0.4 is 0 Å². The maximum absolute atomic E-state index is 5.85. The number of rotatable bonds is 4. The van der Waals surface area contributed by atoms with E-state index in [1.807, 2.05) is 7.11 Å². The number of hydrogen-bond acceptors (Lipinski definition) is 1. The van der Waals surface area contributed by atoms with Crippen molar-refractivity contribution in [3.63, 3.8) is 0 Å². The van der Waals surface area contributed by atoms with Crippen molar-refractivity contribution in [1.29, 1.82) is 0 Å². The van der Waals surface area contributed by atoms with Gasteiger partial charge in [0, 0.05) is 7.11 Å². The molecule has 0 N–H and O–H groups in total. The monoisotopic (exact) mass is 246 g/mol. The minimum atomic E-state index is -1.62. The molecule has 15 heavy (non-hydrogen) atoms. The van der Waals surface area contributed by atoms with E-state index in [9.17, 15) is 0 Å². The van der Waals surface area contributed by atoms with E-state index in [1.54, 1.807) is 0 Å². The summed E-state index contributed by atoms with van der Waals surface area (Å²) >= 11 is 0. The summed E-state index contributed by atoms with van der Waals surface area (Å²) in [6.07, 6.45) is 0. The van der Waals surface area contributed by atoms with Gasteiger partial charge in [-0.1, -0.05) is 47.3 Å². The molecule has 0 amide bonds. The summed E-state index contributed by atoms with van der Waals surface area (Å²) in [4.78, 5) is 0. The van der Waals surface area contributed by atoms with Crippen LogP contribution in [-0.2, 0) is 4.43 Å². The van der Waals surface area contributed by atoms with Gasteiger partial charge in [0.2, 0.25) is 0 Å². The summed E-state index contributed by atoms with van der Waals surface area (Å²) in [5, 5.41) is 0.699. The summed E-state index contributed by atoms with van der Waals surface area (Å²) < 4.78 is 5.85. The molecule has 0 saturated carbocycles. The predicted octanol–water partition coefficient (Wildman–Crippen LogP) is 4.74. The van der Waals surface area contributed by atoms with Gasteiger partial charge < -0.3 is 4.43 Å². The van der Waals surface area contributed by atoms with E-state index in [1.165, 1.54) is 0 Å². The molecule has 0 aliphatic heterocycles. The Hall–Kier alpha value is 0.394. The molecule has 0 spiro atoms. The Balaban J connectivity index is 5.38. The van der Waals surface area contributed by atoms with Crippen LogP contribution in [0.5, 0.6) is 0 Å². The van der Waals surface area contributed by atoms with E-state index in [4.69, 9.17) is 4.43 Å². The highest BCUT2D eigenvalue weighted by molar-refractivity contribution is 6.83. The van der Waals surface area contributed by atoms with Gasteiger partial charge in [0.05, 0.1) is 8.07 Å². The molecule has 0 atom stereocenters. The number of hydrogen-bond donors (Lipinski definition) is 0. The summed E-state index contributed by atoms with van der Waals surface area (Å²) in [5.41, 5.74) is 0. The van der Waals surface area contributed by atoms with Crippen molar-refractivity contribution < 1.29 is 4.43 Å². The maximum atomic E-state index is 5.85. The van der Waals surface area contributed by atoms with Crippen molar-refractivity contribution in [2.75, 3.05) is 7.11 Å². The smallest absolute Gasteiger partial charge is 0.191 e. The van der Waals surface area contributed by atoms with Gasteiger partial charge in [-0.3, -0.25) is 0 Å². The topological polar surface area (TPSA) is 9.23 Å². The lowest BCUT2D eigenvalue weighted by Gasteiger charge is -2.55. The first kappa shape index (κ1) is 15.4. The molecule has 0 aliphatic carbocycles. The Morgan fingerprint density at radius 3 is 1.27 bits per heavy atom. The predicted molar refractivity (Wildman–Crippen MR) is 75.9 cm³/mol. The largest absolute Gasteiger partial charge is 0.420 e. The van der Waals surface area contributed by atoms with Crippen LogP contribution in [0.25, 0.3) is 0 Å². The second-order valence-electron chi connectivity index (χ2n) is 7.21. The summed E-state index contributed by atoms with van der Waals surface area (Å²) in [6, 6.07) is 0. The molecule has 0 radical (unpaired) electrons. The van der Waals surface area contributed by atoms with Crippen LogP contribution in [0.15, 0.2) is 0 Å². The van der Waals surface area contributed by atoms with Crippen LogP contribution in [0.2, 0.25) is 42.8 Å². The molecule has 3 heteroatoms. The van der Waals surface area contributed by atoms with Crippen LogP contribution in [0.4, 0.5) is 0 Å². The SMILES string of the molecule is CO[Si](C)(C)C(C)(C)C(C)(C)[Si](C)(C)C. The first-order valence-electron chi connectivity index (χ1n) is 5.86. The third-order valence-electron chi connectivity index (χ3n) is 5.45.